The highest BCUT2D eigenvalue weighted by Gasteiger charge is 2.26. The third-order valence-corrected chi connectivity index (χ3v) is 4.43. The van der Waals surface area contributed by atoms with Crippen LogP contribution in [0.15, 0.2) is 36.5 Å². The molecular formula is C17H15N3S. The standard InChI is InChI=1S/C17H15N3S/c1-10-15(19-16(12-5-6-12)20-17(10)21)13-7-4-11-3-2-8-18-14(11)9-13/h2-4,7-9,12H,5-6H2,1H3,(H,19,20,21). The van der Waals surface area contributed by atoms with Crippen LogP contribution >= 0.6 is 12.2 Å². The number of rotatable bonds is 2. The lowest BCUT2D eigenvalue weighted by atomic mass is 10.1. The van der Waals surface area contributed by atoms with Gasteiger partial charge in [-0.2, -0.15) is 0 Å². The van der Waals surface area contributed by atoms with Gasteiger partial charge >= 0.3 is 0 Å². The van der Waals surface area contributed by atoms with Crippen molar-refractivity contribution in [3.05, 3.63) is 52.6 Å². The summed E-state index contributed by atoms with van der Waals surface area (Å²) in [5.41, 5.74) is 4.22. The molecule has 0 bridgehead atoms. The van der Waals surface area contributed by atoms with Crippen LogP contribution in [0.3, 0.4) is 0 Å². The number of nitrogens with zero attached hydrogens (tertiary/aromatic N) is 2. The van der Waals surface area contributed by atoms with Gasteiger partial charge in [0.2, 0.25) is 0 Å². The van der Waals surface area contributed by atoms with Crippen LogP contribution < -0.4 is 0 Å². The average Bonchev–Trinajstić information content (AvgIpc) is 3.34. The van der Waals surface area contributed by atoms with Gasteiger partial charge in [-0.25, -0.2) is 4.98 Å². The molecule has 0 atom stereocenters. The Morgan fingerprint density at radius 2 is 2.10 bits per heavy atom. The Labute approximate surface area is 128 Å². The molecule has 1 N–H and O–H groups in total. The Morgan fingerprint density at radius 1 is 1.24 bits per heavy atom. The van der Waals surface area contributed by atoms with Gasteiger partial charge in [0.25, 0.3) is 0 Å². The molecular weight excluding hydrogens is 278 g/mol. The molecule has 2 heterocycles. The van der Waals surface area contributed by atoms with E-state index in [1.54, 1.807) is 0 Å². The Hall–Kier alpha value is -2.07. The van der Waals surface area contributed by atoms with Crippen molar-refractivity contribution in [2.45, 2.75) is 25.7 Å². The zero-order valence-electron chi connectivity index (χ0n) is 11.8. The van der Waals surface area contributed by atoms with E-state index in [9.17, 15) is 0 Å². The van der Waals surface area contributed by atoms with Crippen LogP contribution in [0.4, 0.5) is 0 Å². The minimum Gasteiger partial charge on any atom is -0.343 e. The number of fused-ring (bicyclic) bond motifs is 1. The molecule has 2 aromatic heterocycles. The van der Waals surface area contributed by atoms with Crippen molar-refractivity contribution in [3.8, 4) is 11.3 Å². The molecule has 1 aliphatic carbocycles. The lowest BCUT2D eigenvalue weighted by Gasteiger charge is -2.10. The number of aromatic amines is 1. The summed E-state index contributed by atoms with van der Waals surface area (Å²) in [5.74, 6) is 1.59. The quantitative estimate of drug-likeness (QED) is 0.705. The third kappa shape index (κ3) is 2.25. The summed E-state index contributed by atoms with van der Waals surface area (Å²) in [7, 11) is 0. The predicted octanol–water partition coefficient (Wildman–Crippen LogP) is 4.54. The van der Waals surface area contributed by atoms with Crippen LogP contribution in [0, 0.1) is 11.6 Å². The van der Waals surface area contributed by atoms with E-state index in [0.717, 1.165) is 33.5 Å². The number of hydrogen-bond donors (Lipinski definition) is 1. The Balaban J connectivity index is 1.92. The monoisotopic (exact) mass is 293 g/mol. The van der Waals surface area contributed by atoms with Crippen LogP contribution in [-0.2, 0) is 0 Å². The zero-order chi connectivity index (χ0) is 14.4. The minimum absolute atomic E-state index is 0.560. The maximum Gasteiger partial charge on any atom is 0.133 e. The van der Waals surface area contributed by atoms with Crippen molar-refractivity contribution in [1.82, 2.24) is 15.0 Å². The van der Waals surface area contributed by atoms with E-state index in [1.807, 2.05) is 19.2 Å². The molecule has 0 aliphatic heterocycles. The maximum absolute atomic E-state index is 5.42. The predicted molar refractivity (Wildman–Crippen MR) is 86.9 cm³/mol. The van der Waals surface area contributed by atoms with Gasteiger partial charge in [-0.15, -0.1) is 0 Å². The molecule has 104 valence electrons. The lowest BCUT2D eigenvalue weighted by Crippen LogP contribution is -1.99. The van der Waals surface area contributed by atoms with Crippen LogP contribution in [0.5, 0.6) is 0 Å². The number of nitrogens with one attached hydrogen (secondary N) is 1. The van der Waals surface area contributed by atoms with Gasteiger partial charge in [0.15, 0.2) is 0 Å². The highest BCUT2D eigenvalue weighted by molar-refractivity contribution is 7.71. The number of aromatic nitrogens is 3. The first-order valence-electron chi connectivity index (χ1n) is 7.18. The SMILES string of the molecule is Cc1c(-c2ccc3cccnc3c2)[nH]c(C2CC2)nc1=S. The molecule has 4 rings (SSSR count). The van der Waals surface area contributed by atoms with Gasteiger partial charge in [0.05, 0.1) is 11.2 Å². The van der Waals surface area contributed by atoms with Gasteiger partial charge in [-0.05, 0) is 31.9 Å². The fourth-order valence-electron chi connectivity index (χ4n) is 2.61. The van der Waals surface area contributed by atoms with Crippen LogP contribution in [-0.4, -0.2) is 15.0 Å². The van der Waals surface area contributed by atoms with Crippen LogP contribution in [0.1, 0.15) is 30.1 Å². The molecule has 0 radical (unpaired) electrons. The summed E-state index contributed by atoms with van der Waals surface area (Å²) in [6, 6.07) is 10.4. The second-order valence-electron chi connectivity index (χ2n) is 5.61. The molecule has 3 nitrogen and oxygen atoms in total. The summed E-state index contributed by atoms with van der Waals surface area (Å²) in [5, 5.41) is 1.15. The molecule has 0 saturated heterocycles. The van der Waals surface area contributed by atoms with Gasteiger partial charge in [0, 0.05) is 28.6 Å². The number of H-pyrrole nitrogens is 1. The Bertz CT molecular complexity index is 894. The second-order valence-corrected chi connectivity index (χ2v) is 6.00. The maximum atomic E-state index is 5.42. The van der Waals surface area contributed by atoms with Gasteiger partial charge in [-0.3, -0.25) is 4.98 Å². The molecule has 3 aromatic rings. The normalized spacial score (nSPS) is 14.5. The summed E-state index contributed by atoms with van der Waals surface area (Å²) in [4.78, 5) is 12.5. The molecule has 1 saturated carbocycles. The molecule has 0 amide bonds. The summed E-state index contributed by atoms with van der Waals surface area (Å²) in [6.45, 7) is 2.03. The molecule has 21 heavy (non-hydrogen) atoms. The summed E-state index contributed by atoms with van der Waals surface area (Å²) >= 11 is 5.42. The summed E-state index contributed by atoms with van der Waals surface area (Å²) in [6.07, 6.45) is 4.24. The Kier molecular flexibility index (Phi) is 2.86. The van der Waals surface area contributed by atoms with Crippen LogP contribution in [0.2, 0.25) is 0 Å². The first-order chi connectivity index (χ1) is 10.2. The van der Waals surface area contributed by atoms with Crippen molar-refractivity contribution >= 4 is 23.1 Å². The van der Waals surface area contributed by atoms with Crippen molar-refractivity contribution in [3.63, 3.8) is 0 Å². The van der Waals surface area contributed by atoms with E-state index in [4.69, 9.17) is 12.2 Å². The Morgan fingerprint density at radius 3 is 2.90 bits per heavy atom. The molecule has 1 aromatic carbocycles. The zero-order valence-corrected chi connectivity index (χ0v) is 12.6. The molecule has 1 aliphatic rings. The molecule has 1 fully saturated rings. The molecule has 4 heteroatoms. The lowest BCUT2D eigenvalue weighted by molar-refractivity contribution is 0.914. The van der Waals surface area contributed by atoms with Gasteiger partial charge in [0.1, 0.15) is 10.5 Å². The van der Waals surface area contributed by atoms with Gasteiger partial charge < -0.3 is 4.98 Å². The third-order valence-electron chi connectivity index (χ3n) is 4.03. The largest absolute Gasteiger partial charge is 0.343 e. The number of hydrogen-bond acceptors (Lipinski definition) is 3. The van der Waals surface area contributed by atoms with Gasteiger partial charge in [-0.1, -0.05) is 30.4 Å². The number of pyridine rings is 1. The smallest absolute Gasteiger partial charge is 0.133 e. The number of benzene rings is 1. The van der Waals surface area contributed by atoms with Crippen LogP contribution in [0.25, 0.3) is 22.2 Å². The van der Waals surface area contributed by atoms with Crippen molar-refractivity contribution in [2.24, 2.45) is 0 Å². The fraction of sp³-hybridized carbons (Fsp3) is 0.235. The topological polar surface area (TPSA) is 41.6 Å². The second kappa shape index (κ2) is 4.74. The van der Waals surface area contributed by atoms with E-state index >= 15 is 0 Å². The van der Waals surface area contributed by atoms with E-state index in [1.165, 1.54) is 12.8 Å². The fourth-order valence-corrected chi connectivity index (χ4v) is 2.81. The first-order valence-corrected chi connectivity index (χ1v) is 7.59. The van der Waals surface area contributed by atoms with E-state index in [0.29, 0.717) is 10.6 Å². The highest BCUT2D eigenvalue weighted by Crippen LogP contribution is 2.39. The average molecular weight is 293 g/mol. The molecule has 0 unspecified atom stereocenters. The first kappa shape index (κ1) is 12.7. The summed E-state index contributed by atoms with van der Waals surface area (Å²) < 4.78 is 0.701. The van der Waals surface area contributed by atoms with E-state index < -0.39 is 0 Å². The molecule has 0 spiro atoms. The minimum atomic E-state index is 0.560. The van der Waals surface area contributed by atoms with E-state index in [2.05, 4.69) is 39.2 Å². The highest BCUT2D eigenvalue weighted by atomic mass is 32.1. The van der Waals surface area contributed by atoms with Crippen molar-refractivity contribution < 1.29 is 0 Å². The van der Waals surface area contributed by atoms with Crippen molar-refractivity contribution in [1.29, 1.82) is 0 Å². The van der Waals surface area contributed by atoms with Crippen molar-refractivity contribution in [2.75, 3.05) is 0 Å². The van der Waals surface area contributed by atoms with E-state index in [-0.39, 0.29) is 0 Å².